The summed E-state index contributed by atoms with van der Waals surface area (Å²) in [7, 11) is 0. The zero-order valence-electron chi connectivity index (χ0n) is 10.9. The highest BCUT2D eigenvalue weighted by Gasteiger charge is 2.68. The van der Waals surface area contributed by atoms with Gasteiger partial charge in [-0.2, -0.15) is 0 Å². The van der Waals surface area contributed by atoms with E-state index >= 15 is 0 Å². The van der Waals surface area contributed by atoms with E-state index in [1.54, 1.807) is 0 Å². The Labute approximate surface area is 98.4 Å². The molecule has 0 bridgehead atoms. The topological polar surface area (TPSA) is 46.3 Å². The first-order valence-electron chi connectivity index (χ1n) is 6.33. The summed E-state index contributed by atoms with van der Waals surface area (Å²) >= 11 is 0. The predicted molar refractivity (Wildman–Crippen MR) is 64.8 cm³/mol. The Hall–Kier alpha value is -0.570. The molecule has 0 unspecified atom stereocenters. The van der Waals surface area contributed by atoms with Crippen molar-refractivity contribution in [3.05, 3.63) is 0 Å². The molecule has 1 amide bonds. The molecule has 1 aliphatic carbocycles. The lowest BCUT2D eigenvalue weighted by Gasteiger charge is -2.31. The fourth-order valence-corrected chi connectivity index (χ4v) is 3.21. The molecule has 0 aromatic carbocycles. The van der Waals surface area contributed by atoms with Crippen molar-refractivity contribution < 1.29 is 4.79 Å². The molecule has 1 atom stereocenters. The number of hydrogen-bond donors (Lipinski definition) is 1. The van der Waals surface area contributed by atoms with E-state index in [2.05, 4.69) is 27.7 Å². The highest BCUT2D eigenvalue weighted by atomic mass is 16.2. The number of likely N-dealkylation sites (tertiary alicyclic amines) is 1. The zero-order valence-corrected chi connectivity index (χ0v) is 10.9. The Kier molecular flexibility index (Phi) is 2.57. The zero-order chi connectivity index (χ0) is 12.1. The molecular formula is C13H24N2O. The molecule has 3 heteroatoms. The maximum atomic E-state index is 12.4. The molecule has 92 valence electrons. The standard InChI is InChI=1S/C13H24N2O/c1-12(2)10(13(12,3)4)11(16)15-7-5-6-9(14)8-15/h9-10H,5-8,14H2,1-4H3/t9-/m1/s1. The number of nitrogens with zero attached hydrogens (tertiary/aromatic N) is 1. The summed E-state index contributed by atoms with van der Waals surface area (Å²) in [6.45, 7) is 10.4. The Morgan fingerprint density at radius 3 is 2.25 bits per heavy atom. The third-order valence-corrected chi connectivity index (χ3v) is 5.04. The van der Waals surface area contributed by atoms with Gasteiger partial charge in [-0.15, -0.1) is 0 Å². The SMILES string of the molecule is CC1(C)C(C(=O)N2CCC[C@@H](N)C2)C1(C)C. The van der Waals surface area contributed by atoms with Crippen molar-refractivity contribution in [2.45, 2.75) is 46.6 Å². The average molecular weight is 224 g/mol. The maximum absolute atomic E-state index is 12.4. The molecular weight excluding hydrogens is 200 g/mol. The van der Waals surface area contributed by atoms with E-state index in [-0.39, 0.29) is 22.8 Å². The van der Waals surface area contributed by atoms with Crippen molar-refractivity contribution >= 4 is 5.91 Å². The molecule has 2 N–H and O–H groups in total. The lowest BCUT2D eigenvalue weighted by molar-refractivity contribution is -0.135. The summed E-state index contributed by atoms with van der Waals surface area (Å²) in [5.41, 5.74) is 6.21. The molecule has 1 aliphatic heterocycles. The van der Waals surface area contributed by atoms with E-state index in [1.165, 1.54) is 0 Å². The van der Waals surface area contributed by atoms with Crippen LogP contribution in [0.3, 0.4) is 0 Å². The van der Waals surface area contributed by atoms with Crippen LogP contribution in [-0.2, 0) is 4.79 Å². The van der Waals surface area contributed by atoms with Crippen molar-refractivity contribution in [3.8, 4) is 0 Å². The monoisotopic (exact) mass is 224 g/mol. The summed E-state index contributed by atoms with van der Waals surface area (Å²) in [6.07, 6.45) is 2.11. The predicted octanol–water partition coefficient (Wildman–Crippen LogP) is 1.62. The van der Waals surface area contributed by atoms with Gasteiger partial charge in [-0.3, -0.25) is 4.79 Å². The van der Waals surface area contributed by atoms with Gasteiger partial charge in [-0.25, -0.2) is 0 Å². The van der Waals surface area contributed by atoms with Crippen molar-refractivity contribution in [2.24, 2.45) is 22.5 Å². The average Bonchev–Trinajstić information content (AvgIpc) is 2.56. The van der Waals surface area contributed by atoms with Gasteiger partial charge in [0.05, 0.1) is 0 Å². The number of piperidine rings is 1. The molecule has 1 saturated heterocycles. The van der Waals surface area contributed by atoms with Gasteiger partial charge in [0.15, 0.2) is 0 Å². The minimum atomic E-state index is 0.144. The van der Waals surface area contributed by atoms with E-state index in [0.29, 0.717) is 5.91 Å². The van der Waals surface area contributed by atoms with Crippen molar-refractivity contribution in [2.75, 3.05) is 13.1 Å². The highest BCUT2D eigenvalue weighted by Crippen LogP contribution is 2.68. The van der Waals surface area contributed by atoms with Crippen molar-refractivity contribution in [3.63, 3.8) is 0 Å². The largest absolute Gasteiger partial charge is 0.341 e. The first kappa shape index (κ1) is 11.9. The Bertz CT molecular complexity index is 295. The lowest BCUT2D eigenvalue weighted by Crippen LogP contribution is -2.46. The maximum Gasteiger partial charge on any atom is 0.226 e. The van der Waals surface area contributed by atoms with Crippen LogP contribution in [0.25, 0.3) is 0 Å². The van der Waals surface area contributed by atoms with Crippen LogP contribution in [-0.4, -0.2) is 29.9 Å². The third kappa shape index (κ3) is 1.56. The van der Waals surface area contributed by atoms with Crippen LogP contribution in [0.5, 0.6) is 0 Å². The second-order valence-electron chi connectivity index (χ2n) is 6.56. The first-order chi connectivity index (χ1) is 7.28. The van der Waals surface area contributed by atoms with Gasteiger partial charge in [0.25, 0.3) is 0 Å². The second kappa shape index (κ2) is 3.46. The summed E-state index contributed by atoms with van der Waals surface area (Å²) in [5.74, 6) is 0.510. The van der Waals surface area contributed by atoms with E-state index in [1.807, 2.05) is 4.90 Å². The van der Waals surface area contributed by atoms with Crippen LogP contribution in [0.4, 0.5) is 0 Å². The van der Waals surface area contributed by atoms with Crippen LogP contribution < -0.4 is 5.73 Å². The van der Waals surface area contributed by atoms with Gasteiger partial charge in [0, 0.05) is 25.0 Å². The molecule has 16 heavy (non-hydrogen) atoms. The molecule has 1 heterocycles. The van der Waals surface area contributed by atoms with Crippen molar-refractivity contribution in [1.82, 2.24) is 4.90 Å². The van der Waals surface area contributed by atoms with Crippen LogP contribution in [0.15, 0.2) is 0 Å². The summed E-state index contributed by atoms with van der Waals surface area (Å²) < 4.78 is 0. The minimum Gasteiger partial charge on any atom is -0.341 e. The lowest BCUT2D eigenvalue weighted by atomic mass is 10.0. The molecule has 2 rings (SSSR count). The summed E-state index contributed by atoms with van der Waals surface area (Å²) in [5, 5.41) is 0. The van der Waals surface area contributed by atoms with Gasteiger partial charge in [-0.1, -0.05) is 27.7 Å². The molecule has 0 spiro atoms. The number of rotatable bonds is 1. The number of carbonyl (C=O) groups is 1. The van der Waals surface area contributed by atoms with Gasteiger partial charge in [0.1, 0.15) is 0 Å². The van der Waals surface area contributed by atoms with Gasteiger partial charge in [0.2, 0.25) is 5.91 Å². The Balaban J connectivity index is 2.04. The van der Waals surface area contributed by atoms with Gasteiger partial charge >= 0.3 is 0 Å². The fourth-order valence-electron chi connectivity index (χ4n) is 3.21. The van der Waals surface area contributed by atoms with Crippen LogP contribution in [0.1, 0.15) is 40.5 Å². The van der Waals surface area contributed by atoms with Gasteiger partial charge < -0.3 is 10.6 Å². The number of amides is 1. The van der Waals surface area contributed by atoms with Crippen molar-refractivity contribution in [1.29, 1.82) is 0 Å². The third-order valence-electron chi connectivity index (χ3n) is 5.04. The molecule has 2 aliphatic rings. The van der Waals surface area contributed by atoms with Gasteiger partial charge in [-0.05, 0) is 23.7 Å². The second-order valence-corrected chi connectivity index (χ2v) is 6.56. The number of nitrogens with two attached hydrogens (primary N) is 1. The van der Waals surface area contributed by atoms with Crippen LogP contribution >= 0.6 is 0 Å². The van der Waals surface area contributed by atoms with E-state index in [9.17, 15) is 4.79 Å². The molecule has 1 saturated carbocycles. The number of hydrogen-bond acceptors (Lipinski definition) is 2. The Morgan fingerprint density at radius 1 is 1.25 bits per heavy atom. The van der Waals surface area contributed by atoms with E-state index < -0.39 is 0 Å². The Morgan fingerprint density at radius 2 is 1.81 bits per heavy atom. The van der Waals surface area contributed by atoms with E-state index in [4.69, 9.17) is 5.73 Å². The smallest absolute Gasteiger partial charge is 0.226 e. The molecule has 0 aromatic rings. The quantitative estimate of drug-likeness (QED) is 0.735. The number of carbonyl (C=O) groups excluding carboxylic acids is 1. The molecule has 0 aromatic heterocycles. The molecule has 0 radical (unpaired) electrons. The summed E-state index contributed by atoms with van der Waals surface area (Å²) in [4.78, 5) is 14.4. The minimum absolute atomic E-state index is 0.144. The molecule has 2 fully saturated rings. The molecule has 3 nitrogen and oxygen atoms in total. The highest BCUT2D eigenvalue weighted by molar-refractivity contribution is 5.84. The van der Waals surface area contributed by atoms with Crippen LogP contribution in [0, 0.1) is 16.7 Å². The van der Waals surface area contributed by atoms with Crippen LogP contribution in [0.2, 0.25) is 0 Å². The van der Waals surface area contributed by atoms with E-state index in [0.717, 1.165) is 25.9 Å². The summed E-state index contributed by atoms with van der Waals surface area (Å²) in [6, 6.07) is 0.183. The first-order valence-corrected chi connectivity index (χ1v) is 6.33. The normalized spacial score (nSPS) is 32.6. The fraction of sp³-hybridized carbons (Fsp3) is 0.923.